The molecule has 2 aromatic carbocycles. The van der Waals surface area contributed by atoms with E-state index >= 15 is 0 Å². The lowest BCUT2D eigenvalue weighted by molar-refractivity contribution is 0.585. The molecule has 110 valence electrons. The molecule has 0 aromatic heterocycles. The molecule has 0 unspecified atom stereocenters. The first-order valence-corrected chi connectivity index (χ1v) is 8.50. The van der Waals surface area contributed by atoms with Crippen molar-refractivity contribution >= 4 is 15.7 Å². The molecule has 21 heavy (non-hydrogen) atoms. The van der Waals surface area contributed by atoms with Crippen molar-refractivity contribution < 1.29 is 12.8 Å². The second kappa shape index (κ2) is 5.48. The minimum atomic E-state index is -3.45. The van der Waals surface area contributed by atoms with Crippen LogP contribution in [0.3, 0.4) is 0 Å². The molecule has 1 aliphatic rings. The van der Waals surface area contributed by atoms with Crippen molar-refractivity contribution in [3.63, 3.8) is 0 Å². The molecule has 3 nitrogen and oxygen atoms in total. The van der Waals surface area contributed by atoms with Crippen molar-refractivity contribution in [2.24, 2.45) is 0 Å². The average molecular weight is 305 g/mol. The number of sulfonamides is 1. The molecular formula is C16H16FNO2S. The zero-order valence-electron chi connectivity index (χ0n) is 11.5. The van der Waals surface area contributed by atoms with Gasteiger partial charge in [0.15, 0.2) is 0 Å². The summed E-state index contributed by atoms with van der Waals surface area (Å²) in [7, 11) is -3.45. The van der Waals surface area contributed by atoms with Crippen LogP contribution >= 0.6 is 0 Å². The highest BCUT2D eigenvalue weighted by molar-refractivity contribution is 7.92. The van der Waals surface area contributed by atoms with E-state index in [-0.39, 0.29) is 11.6 Å². The summed E-state index contributed by atoms with van der Waals surface area (Å²) in [6.45, 7) is 0.501. The van der Waals surface area contributed by atoms with Crippen LogP contribution < -0.4 is 4.31 Å². The average Bonchev–Trinajstić information content (AvgIpc) is 2.49. The molecule has 0 spiro atoms. The van der Waals surface area contributed by atoms with E-state index in [1.165, 1.54) is 28.6 Å². The molecule has 0 N–H and O–H groups in total. The fourth-order valence-corrected chi connectivity index (χ4v) is 4.31. The lowest BCUT2D eigenvalue weighted by Gasteiger charge is -2.30. The highest BCUT2D eigenvalue weighted by Gasteiger charge is 2.27. The Morgan fingerprint density at radius 2 is 1.76 bits per heavy atom. The normalized spacial score (nSPS) is 14.8. The van der Waals surface area contributed by atoms with Gasteiger partial charge in [0.2, 0.25) is 10.0 Å². The van der Waals surface area contributed by atoms with Crippen molar-refractivity contribution in [3.05, 3.63) is 65.5 Å². The van der Waals surface area contributed by atoms with E-state index in [1.807, 2.05) is 24.3 Å². The number of anilines is 1. The summed E-state index contributed by atoms with van der Waals surface area (Å²) < 4.78 is 39.7. The van der Waals surface area contributed by atoms with Crippen LogP contribution in [0.5, 0.6) is 0 Å². The summed E-state index contributed by atoms with van der Waals surface area (Å²) in [5, 5.41) is 0. The van der Waals surface area contributed by atoms with Crippen LogP contribution in [0.1, 0.15) is 17.5 Å². The molecule has 1 aliphatic heterocycles. The second-order valence-electron chi connectivity index (χ2n) is 5.19. The Labute approximate surface area is 124 Å². The Kier molecular flexibility index (Phi) is 3.68. The Morgan fingerprint density at radius 3 is 2.52 bits per heavy atom. The van der Waals surface area contributed by atoms with Gasteiger partial charge in [-0.2, -0.15) is 0 Å². The zero-order valence-corrected chi connectivity index (χ0v) is 12.3. The quantitative estimate of drug-likeness (QED) is 0.874. The van der Waals surface area contributed by atoms with E-state index < -0.39 is 10.0 Å². The topological polar surface area (TPSA) is 37.4 Å². The first-order chi connectivity index (χ1) is 10.1. The number of fused-ring (bicyclic) bond motifs is 1. The molecule has 0 amide bonds. The maximum atomic E-state index is 12.9. The Bertz CT molecular complexity index is 741. The molecule has 0 bridgehead atoms. The highest BCUT2D eigenvalue weighted by atomic mass is 32.2. The van der Waals surface area contributed by atoms with Gasteiger partial charge >= 0.3 is 0 Å². The standard InChI is InChI=1S/C16H16FNO2S/c17-15-9-7-13(8-10-15)12-21(19,20)18-11-3-5-14-4-1-2-6-16(14)18/h1-2,4,6-10H,3,5,11-12H2. The van der Waals surface area contributed by atoms with Gasteiger partial charge in [0.05, 0.1) is 11.4 Å². The molecule has 0 radical (unpaired) electrons. The lowest BCUT2D eigenvalue weighted by Crippen LogP contribution is -2.36. The third-order valence-corrected chi connectivity index (χ3v) is 5.41. The van der Waals surface area contributed by atoms with Crippen molar-refractivity contribution in [1.29, 1.82) is 0 Å². The summed E-state index contributed by atoms with van der Waals surface area (Å²) in [5.74, 6) is -0.471. The first kappa shape index (κ1) is 14.1. The SMILES string of the molecule is O=S(=O)(Cc1ccc(F)cc1)N1CCCc2ccccc21. The fraction of sp³-hybridized carbons (Fsp3) is 0.250. The van der Waals surface area contributed by atoms with E-state index in [0.717, 1.165) is 24.1 Å². The van der Waals surface area contributed by atoms with Gasteiger partial charge in [0.1, 0.15) is 5.82 Å². The monoisotopic (exact) mass is 305 g/mol. The van der Waals surface area contributed by atoms with Crippen LogP contribution in [-0.4, -0.2) is 15.0 Å². The maximum absolute atomic E-state index is 12.9. The molecule has 3 rings (SSSR count). The molecule has 5 heteroatoms. The molecular weight excluding hydrogens is 289 g/mol. The largest absolute Gasteiger partial charge is 0.270 e. The third-order valence-electron chi connectivity index (χ3n) is 3.67. The van der Waals surface area contributed by atoms with Crippen LogP contribution in [0.25, 0.3) is 0 Å². The van der Waals surface area contributed by atoms with Crippen LogP contribution in [0.4, 0.5) is 10.1 Å². The number of nitrogens with zero attached hydrogens (tertiary/aromatic N) is 1. The number of hydrogen-bond donors (Lipinski definition) is 0. The second-order valence-corrected chi connectivity index (χ2v) is 7.08. The predicted octanol–water partition coefficient (Wildman–Crippen LogP) is 3.11. The number of halogens is 1. The summed E-state index contributed by atoms with van der Waals surface area (Å²) >= 11 is 0. The van der Waals surface area contributed by atoms with Crippen LogP contribution in [0.2, 0.25) is 0 Å². The fourth-order valence-electron chi connectivity index (χ4n) is 2.66. The van der Waals surface area contributed by atoms with Crippen LogP contribution in [0.15, 0.2) is 48.5 Å². The molecule has 2 aromatic rings. The summed E-state index contributed by atoms with van der Waals surface area (Å²) in [4.78, 5) is 0. The Morgan fingerprint density at radius 1 is 1.05 bits per heavy atom. The Hall–Kier alpha value is -1.88. The summed E-state index contributed by atoms with van der Waals surface area (Å²) in [6, 6.07) is 13.2. The first-order valence-electron chi connectivity index (χ1n) is 6.89. The molecule has 0 fully saturated rings. The lowest BCUT2D eigenvalue weighted by atomic mass is 10.0. The van der Waals surface area contributed by atoms with E-state index in [9.17, 15) is 12.8 Å². The zero-order chi connectivity index (χ0) is 14.9. The molecule has 0 atom stereocenters. The van der Waals surface area contributed by atoms with Gasteiger partial charge in [-0.25, -0.2) is 12.8 Å². The van der Waals surface area contributed by atoms with Crippen LogP contribution in [-0.2, 0) is 22.2 Å². The van der Waals surface area contributed by atoms with Gasteiger partial charge in [-0.3, -0.25) is 4.31 Å². The molecule has 1 heterocycles. The van der Waals surface area contributed by atoms with E-state index in [0.29, 0.717) is 12.1 Å². The predicted molar refractivity (Wildman–Crippen MR) is 81.1 cm³/mol. The van der Waals surface area contributed by atoms with Crippen molar-refractivity contribution in [2.75, 3.05) is 10.8 Å². The maximum Gasteiger partial charge on any atom is 0.239 e. The number of aryl methyl sites for hydroxylation is 1. The van der Waals surface area contributed by atoms with Crippen molar-refractivity contribution in [1.82, 2.24) is 0 Å². The van der Waals surface area contributed by atoms with E-state index in [1.54, 1.807) is 0 Å². The van der Waals surface area contributed by atoms with Crippen molar-refractivity contribution in [3.8, 4) is 0 Å². The Balaban J connectivity index is 1.91. The molecule has 0 saturated heterocycles. The molecule has 0 aliphatic carbocycles. The van der Waals surface area contributed by atoms with Gasteiger partial charge in [-0.05, 0) is 42.2 Å². The number of hydrogen-bond acceptors (Lipinski definition) is 2. The minimum absolute atomic E-state index is 0.110. The van der Waals surface area contributed by atoms with Gasteiger partial charge in [-0.15, -0.1) is 0 Å². The van der Waals surface area contributed by atoms with Gasteiger partial charge < -0.3 is 0 Å². The van der Waals surface area contributed by atoms with Gasteiger partial charge in [0, 0.05) is 6.54 Å². The third kappa shape index (κ3) is 2.93. The van der Waals surface area contributed by atoms with E-state index in [4.69, 9.17) is 0 Å². The molecule has 0 saturated carbocycles. The number of benzene rings is 2. The van der Waals surface area contributed by atoms with E-state index in [2.05, 4.69) is 0 Å². The van der Waals surface area contributed by atoms with Crippen LogP contribution in [0, 0.1) is 5.82 Å². The number of para-hydroxylation sites is 1. The summed E-state index contributed by atoms with van der Waals surface area (Å²) in [5.41, 5.74) is 2.43. The van der Waals surface area contributed by atoms with Gasteiger partial charge in [-0.1, -0.05) is 30.3 Å². The smallest absolute Gasteiger partial charge is 0.239 e. The van der Waals surface area contributed by atoms with Crippen molar-refractivity contribution in [2.45, 2.75) is 18.6 Å². The highest BCUT2D eigenvalue weighted by Crippen LogP contribution is 2.30. The minimum Gasteiger partial charge on any atom is -0.270 e. The summed E-state index contributed by atoms with van der Waals surface area (Å²) in [6.07, 6.45) is 1.72. The number of rotatable bonds is 3. The van der Waals surface area contributed by atoms with Gasteiger partial charge in [0.25, 0.3) is 0 Å².